The highest BCUT2D eigenvalue weighted by Crippen LogP contribution is 2.25. The van der Waals surface area contributed by atoms with Crippen LogP contribution in [0.1, 0.15) is 20.1 Å². The van der Waals surface area contributed by atoms with Crippen LogP contribution in [-0.4, -0.2) is 5.91 Å². The first-order valence-corrected chi connectivity index (χ1v) is 6.60. The molecule has 0 aliphatic heterocycles. The van der Waals surface area contributed by atoms with Gasteiger partial charge in [-0.05, 0) is 43.7 Å². The normalized spacial score (nSPS) is 10.4. The molecule has 0 radical (unpaired) electrons. The van der Waals surface area contributed by atoms with Crippen LogP contribution in [0.4, 0.5) is 11.4 Å². The molecule has 2 rings (SSSR count). The van der Waals surface area contributed by atoms with Crippen LogP contribution in [0.3, 0.4) is 0 Å². The lowest BCUT2D eigenvalue weighted by molar-refractivity contribution is 0.103. The lowest BCUT2D eigenvalue weighted by atomic mass is 10.2. The second kappa shape index (κ2) is 5.00. The van der Waals surface area contributed by atoms with E-state index in [0.29, 0.717) is 21.3 Å². The van der Waals surface area contributed by atoms with Gasteiger partial charge in [0.1, 0.15) is 0 Å². The summed E-state index contributed by atoms with van der Waals surface area (Å²) in [5.41, 5.74) is 7.88. The zero-order valence-corrected chi connectivity index (χ0v) is 11.7. The molecule has 5 heteroatoms. The fourth-order valence-electron chi connectivity index (χ4n) is 1.48. The molecule has 0 atom stereocenters. The summed E-state index contributed by atoms with van der Waals surface area (Å²) in [6.07, 6.45) is 0. The van der Waals surface area contributed by atoms with Gasteiger partial charge in [0, 0.05) is 10.6 Å². The molecule has 0 fully saturated rings. The highest BCUT2D eigenvalue weighted by atomic mass is 35.5. The fraction of sp³-hybridized carbons (Fsp3) is 0.154. The van der Waals surface area contributed by atoms with Crippen molar-refractivity contribution in [1.82, 2.24) is 0 Å². The Labute approximate surface area is 115 Å². The summed E-state index contributed by atoms with van der Waals surface area (Å²) in [5.74, 6) is -0.128. The van der Waals surface area contributed by atoms with Crippen molar-refractivity contribution in [3.63, 3.8) is 0 Å². The zero-order chi connectivity index (χ0) is 13.3. The topological polar surface area (TPSA) is 55.1 Å². The zero-order valence-electron chi connectivity index (χ0n) is 10.1. The molecule has 0 aliphatic carbocycles. The maximum Gasteiger partial charge on any atom is 0.265 e. The van der Waals surface area contributed by atoms with E-state index in [1.54, 1.807) is 18.2 Å². The molecule has 0 aliphatic rings. The Hall–Kier alpha value is -1.52. The number of amides is 1. The van der Waals surface area contributed by atoms with Crippen molar-refractivity contribution >= 4 is 40.2 Å². The molecule has 2 aromatic rings. The van der Waals surface area contributed by atoms with E-state index in [1.165, 1.54) is 11.3 Å². The van der Waals surface area contributed by atoms with Crippen molar-refractivity contribution in [1.29, 1.82) is 0 Å². The van der Waals surface area contributed by atoms with Gasteiger partial charge in [0.2, 0.25) is 0 Å². The van der Waals surface area contributed by atoms with Crippen molar-refractivity contribution in [3.8, 4) is 0 Å². The van der Waals surface area contributed by atoms with Gasteiger partial charge in [-0.3, -0.25) is 4.79 Å². The molecule has 0 saturated heterocycles. The quantitative estimate of drug-likeness (QED) is 0.821. The van der Waals surface area contributed by atoms with Crippen molar-refractivity contribution < 1.29 is 4.79 Å². The molecule has 0 bridgehead atoms. The van der Waals surface area contributed by atoms with Crippen LogP contribution in [0.5, 0.6) is 0 Å². The number of halogens is 1. The van der Waals surface area contributed by atoms with Crippen LogP contribution in [0, 0.1) is 13.8 Å². The van der Waals surface area contributed by atoms with Crippen molar-refractivity contribution in [2.24, 2.45) is 0 Å². The Morgan fingerprint density at radius 1 is 1.33 bits per heavy atom. The van der Waals surface area contributed by atoms with Crippen LogP contribution in [0.25, 0.3) is 0 Å². The van der Waals surface area contributed by atoms with E-state index in [4.69, 9.17) is 17.3 Å². The van der Waals surface area contributed by atoms with Crippen LogP contribution in [0.15, 0.2) is 24.3 Å². The molecule has 0 unspecified atom stereocenters. The maximum absolute atomic E-state index is 12.0. The van der Waals surface area contributed by atoms with Gasteiger partial charge >= 0.3 is 0 Å². The minimum Gasteiger partial charge on any atom is -0.398 e. The lowest BCUT2D eigenvalue weighted by Crippen LogP contribution is -2.10. The smallest absolute Gasteiger partial charge is 0.265 e. The summed E-state index contributed by atoms with van der Waals surface area (Å²) in [5, 5.41) is 3.23. The number of nitrogens with one attached hydrogen (secondary N) is 1. The van der Waals surface area contributed by atoms with Gasteiger partial charge in [-0.25, -0.2) is 0 Å². The highest BCUT2D eigenvalue weighted by Gasteiger charge is 2.11. The minimum atomic E-state index is -0.128. The predicted octanol–water partition coefficient (Wildman–Crippen LogP) is 3.85. The van der Waals surface area contributed by atoms with Gasteiger partial charge in [-0.15, -0.1) is 11.3 Å². The molecule has 18 heavy (non-hydrogen) atoms. The summed E-state index contributed by atoms with van der Waals surface area (Å²) in [6.45, 7) is 3.99. The summed E-state index contributed by atoms with van der Waals surface area (Å²) in [7, 11) is 0. The first-order valence-electron chi connectivity index (χ1n) is 5.41. The van der Waals surface area contributed by atoms with Crippen LogP contribution in [-0.2, 0) is 0 Å². The molecule has 94 valence electrons. The number of aryl methyl sites for hydroxylation is 2. The Morgan fingerprint density at radius 3 is 2.61 bits per heavy atom. The van der Waals surface area contributed by atoms with Gasteiger partial charge in [-0.2, -0.15) is 0 Å². The molecule has 0 saturated carbocycles. The number of hydrogen-bond donors (Lipinski definition) is 2. The first kappa shape index (κ1) is 12.9. The van der Waals surface area contributed by atoms with E-state index in [2.05, 4.69) is 5.32 Å². The summed E-state index contributed by atoms with van der Waals surface area (Å²) < 4.78 is 0. The largest absolute Gasteiger partial charge is 0.398 e. The van der Waals surface area contributed by atoms with Gasteiger partial charge in [-0.1, -0.05) is 11.6 Å². The standard InChI is InChI=1S/C13H13ClN2OS/c1-7-5-12(18-8(7)2)13(17)16-9-3-4-11(15)10(14)6-9/h3-6H,15H2,1-2H3,(H,16,17). The van der Waals surface area contributed by atoms with E-state index >= 15 is 0 Å². The molecular weight excluding hydrogens is 268 g/mol. The first-order chi connectivity index (χ1) is 8.47. The molecule has 1 amide bonds. The third-order valence-electron chi connectivity index (χ3n) is 2.65. The number of nitrogens with two attached hydrogens (primary N) is 1. The van der Waals surface area contributed by atoms with Gasteiger partial charge < -0.3 is 11.1 Å². The third kappa shape index (κ3) is 2.66. The number of nitrogen functional groups attached to an aromatic ring is 1. The third-order valence-corrected chi connectivity index (χ3v) is 4.13. The summed E-state index contributed by atoms with van der Waals surface area (Å²) in [6, 6.07) is 6.92. The average molecular weight is 281 g/mol. The number of rotatable bonds is 2. The van der Waals surface area contributed by atoms with Gasteiger partial charge in [0.25, 0.3) is 5.91 Å². The molecule has 3 N–H and O–H groups in total. The second-order valence-electron chi connectivity index (χ2n) is 4.04. The Kier molecular flexibility index (Phi) is 3.59. The highest BCUT2D eigenvalue weighted by molar-refractivity contribution is 7.14. The van der Waals surface area contributed by atoms with Crippen molar-refractivity contribution in [2.45, 2.75) is 13.8 Å². The summed E-state index contributed by atoms with van der Waals surface area (Å²) in [4.78, 5) is 13.8. The number of carbonyl (C=O) groups excluding carboxylic acids is 1. The van der Waals surface area contributed by atoms with Crippen LogP contribution < -0.4 is 11.1 Å². The average Bonchev–Trinajstić information content (AvgIpc) is 2.65. The number of carbonyl (C=O) groups is 1. The van der Waals surface area contributed by atoms with E-state index in [1.807, 2.05) is 19.9 Å². The van der Waals surface area contributed by atoms with E-state index in [0.717, 1.165) is 10.4 Å². The molecule has 1 heterocycles. The summed E-state index contributed by atoms with van der Waals surface area (Å²) >= 11 is 7.38. The monoisotopic (exact) mass is 280 g/mol. The number of anilines is 2. The van der Waals surface area contributed by atoms with E-state index < -0.39 is 0 Å². The van der Waals surface area contributed by atoms with Crippen LogP contribution >= 0.6 is 22.9 Å². The van der Waals surface area contributed by atoms with Crippen molar-refractivity contribution in [2.75, 3.05) is 11.1 Å². The molecule has 3 nitrogen and oxygen atoms in total. The van der Waals surface area contributed by atoms with Crippen molar-refractivity contribution in [3.05, 3.63) is 44.6 Å². The predicted molar refractivity (Wildman–Crippen MR) is 77.6 cm³/mol. The second-order valence-corrected chi connectivity index (χ2v) is 5.70. The van der Waals surface area contributed by atoms with E-state index in [9.17, 15) is 4.79 Å². The molecule has 1 aromatic heterocycles. The van der Waals surface area contributed by atoms with E-state index in [-0.39, 0.29) is 5.91 Å². The maximum atomic E-state index is 12.0. The Balaban J connectivity index is 2.18. The Bertz CT molecular complexity index is 588. The van der Waals surface area contributed by atoms with Gasteiger partial charge in [0.15, 0.2) is 0 Å². The van der Waals surface area contributed by atoms with Crippen LogP contribution in [0.2, 0.25) is 5.02 Å². The van der Waals surface area contributed by atoms with Gasteiger partial charge in [0.05, 0.1) is 15.6 Å². The molecule has 1 aromatic carbocycles. The lowest BCUT2D eigenvalue weighted by Gasteiger charge is -2.05. The molecule has 0 spiro atoms. The minimum absolute atomic E-state index is 0.128. The number of benzene rings is 1. The number of hydrogen-bond acceptors (Lipinski definition) is 3. The SMILES string of the molecule is Cc1cc(C(=O)Nc2ccc(N)c(Cl)c2)sc1C. The fourth-order valence-corrected chi connectivity index (χ4v) is 2.59. The molecular formula is C13H13ClN2OS. The number of thiophene rings is 1. The Morgan fingerprint density at radius 2 is 2.06 bits per heavy atom.